The van der Waals surface area contributed by atoms with E-state index in [4.69, 9.17) is 14.5 Å². The zero-order valence-corrected chi connectivity index (χ0v) is 18.3. The van der Waals surface area contributed by atoms with Crippen LogP contribution in [0.25, 0.3) is 11.4 Å². The number of ether oxygens (including phenoxy) is 2. The Morgan fingerprint density at radius 1 is 1.19 bits per heavy atom. The molecular weight excluding hydrogens is 408 g/mol. The third-order valence-electron chi connectivity index (χ3n) is 5.85. The highest BCUT2D eigenvalue weighted by molar-refractivity contribution is 5.91. The summed E-state index contributed by atoms with van der Waals surface area (Å²) in [6.45, 7) is 5.44. The van der Waals surface area contributed by atoms with E-state index in [1.54, 1.807) is 11.6 Å². The SMILES string of the molecule is CCOC(=O)c1nn(C)c2c1CCc1cnc(Nc3ccc(N4CCOCC4)cc3)nc1-2. The van der Waals surface area contributed by atoms with Crippen molar-refractivity contribution in [3.8, 4) is 11.4 Å². The number of aromatic nitrogens is 4. The zero-order chi connectivity index (χ0) is 22.1. The number of carbonyl (C=O) groups excluding carboxylic acids is 1. The number of anilines is 3. The summed E-state index contributed by atoms with van der Waals surface area (Å²) in [5.74, 6) is 0.121. The summed E-state index contributed by atoms with van der Waals surface area (Å²) < 4.78 is 12.3. The number of nitrogens with zero attached hydrogens (tertiary/aromatic N) is 5. The molecule has 1 aliphatic heterocycles. The molecule has 9 heteroatoms. The molecule has 0 saturated carbocycles. The Morgan fingerprint density at radius 3 is 2.72 bits per heavy atom. The highest BCUT2D eigenvalue weighted by atomic mass is 16.5. The molecule has 32 heavy (non-hydrogen) atoms. The molecule has 0 unspecified atom stereocenters. The van der Waals surface area contributed by atoms with Crippen LogP contribution in [0.5, 0.6) is 0 Å². The average Bonchev–Trinajstić information content (AvgIpc) is 3.17. The number of esters is 1. The quantitative estimate of drug-likeness (QED) is 0.613. The van der Waals surface area contributed by atoms with E-state index in [9.17, 15) is 4.79 Å². The van der Waals surface area contributed by atoms with Crippen LogP contribution in [0.4, 0.5) is 17.3 Å². The first kappa shape index (κ1) is 20.4. The average molecular weight is 435 g/mol. The maximum absolute atomic E-state index is 12.3. The van der Waals surface area contributed by atoms with E-state index >= 15 is 0 Å². The summed E-state index contributed by atoms with van der Waals surface area (Å²) in [6.07, 6.45) is 3.32. The second-order valence-corrected chi connectivity index (χ2v) is 7.86. The molecular formula is C23H26N6O3. The standard InChI is InChI=1S/C23H26N6O3/c1-3-32-22(30)20-18-9-4-15-14-24-23(26-19(15)21(18)28(2)27-20)25-16-5-7-17(8-6-16)29-10-12-31-13-11-29/h5-8,14H,3-4,9-13H2,1-2H3,(H,24,25,26). The number of benzene rings is 1. The number of rotatable bonds is 5. The minimum atomic E-state index is -0.388. The van der Waals surface area contributed by atoms with Gasteiger partial charge in [-0.05, 0) is 49.6 Å². The lowest BCUT2D eigenvalue weighted by atomic mass is 9.93. The first-order valence-electron chi connectivity index (χ1n) is 10.9. The van der Waals surface area contributed by atoms with Crippen LogP contribution in [0.15, 0.2) is 30.5 Å². The predicted octanol–water partition coefficient (Wildman–Crippen LogP) is 2.73. The Bertz CT molecular complexity index is 1140. The molecule has 0 amide bonds. The summed E-state index contributed by atoms with van der Waals surface area (Å²) >= 11 is 0. The fraction of sp³-hybridized carbons (Fsp3) is 0.391. The van der Waals surface area contributed by atoms with E-state index in [2.05, 4.69) is 32.4 Å². The number of carbonyl (C=O) groups is 1. The van der Waals surface area contributed by atoms with Crippen LogP contribution in [0.1, 0.15) is 28.5 Å². The van der Waals surface area contributed by atoms with Crippen molar-refractivity contribution < 1.29 is 14.3 Å². The van der Waals surface area contributed by atoms with Crippen molar-refractivity contribution in [2.75, 3.05) is 43.1 Å². The van der Waals surface area contributed by atoms with E-state index in [0.29, 0.717) is 24.7 Å². The van der Waals surface area contributed by atoms with E-state index in [-0.39, 0.29) is 5.97 Å². The molecule has 1 N–H and O–H groups in total. The molecule has 1 aromatic carbocycles. The van der Waals surface area contributed by atoms with Crippen molar-refractivity contribution in [3.05, 3.63) is 47.3 Å². The first-order chi connectivity index (χ1) is 15.6. The Balaban J connectivity index is 1.40. The van der Waals surface area contributed by atoms with E-state index in [1.165, 1.54) is 5.69 Å². The van der Waals surface area contributed by atoms with Gasteiger partial charge in [-0.1, -0.05) is 0 Å². The van der Waals surface area contributed by atoms with Crippen LogP contribution in [0.2, 0.25) is 0 Å². The summed E-state index contributed by atoms with van der Waals surface area (Å²) in [6, 6.07) is 8.25. The summed E-state index contributed by atoms with van der Waals surface area (Å²) in [7, 11) is 1.83. The highest BCUT2D eigenvalue weighted by Gasteiger charge is 2.29. The van der Waals surface area contributed by atoms with Crippen molar-refractivity contribution in [2.45, 2.75) is 19.8 Å². The van der Waals surface area contributed by atoms with Gasteiger partial charge in [-0.2, -0.15) is 5.10 Å². The third kappa shape index (κ3) is 3.80. The highest BCUT2D eigenvalue weighted by Crippen LogP contribution is 2.34. The normalized spacial score (nSPS) is 15.1. The molecule has 0 bridgehead atoms. The molecule has 0 atom stereocenters. The van der Waals surface area contributed by atoms with Gasteiger partial charge in [-0.3, -0.25) is 4.68 Å². The molecule has 3 heterocycles. The fourth-order valence-corrected chi connectivity index (χ4v) is 4.29. The van der Waals surface area contributed by atoms with Crippen LogP contribution < -0.4 is 10.2 Å². The van der Waals surface area contributed by atoms with Crippen LogP contribution in [-0.2, 0) is 29.4 Å². The molecule has 1 aliphatic carbocycles. The van der Waals surface area contributed by atoms with Gasteiger partial charge in [0.2, 0.25) is 5.95 Å². The van der Waals surface area contributed by atoms with Gasteiger partial charge in [0, 0.05) is 43.3 Å². The number of fused-ring (bicyclic) bond motifs is 3. The Morgan fingerprint density at radius 2 is 1.97 bits per heavy atom. The third-order valence-corrected chi connectivity index (χ3v) is 5.85. The molecule has 5 rings (SSSR count). The van der Waals surface area contributed by atoms with Crippen LogP contribution >= 0.6 is 0 Å². The van der Waals surface area contributed by atoms with Gasteiger partial charge in [-0.15, -0.1) is 0 Å². The minimum absolute atomic E-state index is 0.321. The van der Waals surface area contributed by atoms with E-state index in [0.717, 1.165) is 60.9 Å². The summed E-state index contributed by atoms with van der Waals surface area (Å²) in [5.41, 5.74) is 6.05. The van der Waals surface area contributed by atoms with Gasteiger partial charge >= 0.3 is 5.97 Å². The van der Waals surface area contributed by atoms with Gasteiger partial charge in [0.1, 0.15) is 0 Å². The summed E-state index contributed by atoms with van der Waals surface area (Å²) in [5, 5.41) is 7.72. The number of morpholine rings is 1. The number of nitrogens with one attached hydrogen (secondary N) is 1. The predicted molar refractivity (Wildman–Crippen MR) is 120 cm³/mol. The van der Waals surface area contributed by atoms with Crippen molar-refractivity contribution in [1.29, 1.82) is 0 Å². The topological polar surface area (TPSA) is 94.4 Å². The number of hydrogen-bond donors (Lipinski definition) is 1. The lowest BCUT2D eigenvalue weighted by Gasteiger charge is -2.28. The van der Waals surface area contributed by atoms with Gasteiger partial charge in [0.25, 0.3) is 0 Å². The Kier molecular flexibility index (Phi) is 5.48. The van der Waals surface area contributed by atoms with Gasteiger partial charge < -0.3 is 19.7 Å². The molecule has 0 radical (unpaired) electrons. The molecule has 2 aliphatic rings. The van der Waals surface area contributed by atoms with Crippen molar-refractivity contribution >= 4 is 23.3 Å². The number of hydrogen-bond acceptors (Lipinski definition) is 8. The largest absolute Gasteiger partial charge is 0.461 e. The molecule has 1 saturated heterocycles. The van der Waals surface area contributed by atoms with Gasteiger partial charge in [0.15, 0.2) is 5.69 Å². The Hall–Kier alpha value is -3.46. The molecule has 0 spiro atoms. The zero-order valence-electron chi connectivity index (χ0n) is 18.3. The maximum atomic E-state index is 12.3. The second-order valence-electron chi connectivity index (χ2n) is 7.86. The molecule has 3 aromatic rings. The van der Waals surface area contributed by atoms with E-state index < -0.39 is 0 Å². The monoisotopic (exact) mass is 434 g/mol. The van der Waals surface area contributed by atoms with Crippen LogP contribution in [-0.4, -0.2) is 58.6 Å². The first-order valence-corrected chi connectivity index (χ1v) is 10.9. The van der Waals surface area contributed by atoms with Crippen LogP contribution in [0.3, 0.4) is 0 Å². The van der Waals surface area contributed by atoms with Crippen molar-refractivity contribution in [2.24, 2.45) is 7.05 Å². The van der Waals surface area contributed by atoms with Crippen molar-refractivity contribution in [1.82, 2.24) is 19.7 Å². The van der Waals surface area contributed by atoms with E-state index in [1.807, 2.05) is 25.4 Å². The minimum Gasteiger partial charge on any atom is -0.461 e. The molecule has 2 aromatic heterocycles. The Labute approximate surface area is 186 Å². The molecule has 9 nitrogen and oxygen atoms in total. The number of aryl methyl sites for hydroxylation is 2. The van der Waals surface area contributed by atoms with Gasteiger partial charge in [-0.25, -0.2) is 14.8 Å². The van der Waals surface area contributed by atoms with Crippen LogP contribution in [0, 0.1) is 0 Å². The molecule has 1 fully saturated rings. The smallest absolute Gasteiger partial charge is 0.359 e. The molecule has 166 valence electrons. The van der Waals surface area contributed by atoms with Gasteiger partial charge in [0.05, 0.1) is 31.2 Å². The second kappa shape index (κ2) is 8.58. The maximum Gasteiger partial charge on any atom is 0.359 e. The fourth-order valence-electron chi connectivity index (χ4n) is 4.29. The lowest BCUT2D eigenvalue weighted by Crippen LogP contribution is -2.36. The summed E-state index contributed by atoms with van der Waals surface area (Å²) in [4.78, 5) is 23.9. The lowest BCUT2D eigenvalue weighted by molar-refractivity contribution is 0.0517. The van der Waals surface area contributed by atoms with Crippen molar-refractivity contribution in [3.63, 3.8) is 0 Å².